The van der Waals surface area contributed by atoms with Gasteiger partial charge in [0.2, 0.25) is 0 Å². The molecule has 0 spiro atoms. The van der Waals surface area contributed by atoms with Crippen molar-refractivity contribution in [2.75, 3.05) is 17.2 Å². The van der Waals surface area contributed by atoms with E-state index >= 15 is 0 Å². The van der Waals surface area contributed by atoms with Crippen LogP contribution in [-0.4, -0.2) is 29.5 Å². The van der Waals surface area contributed by atoms with Gasteiger partial charge < -0.3 is 20.5 Å². The Morgan fingerprint density at radius 3 is 2.13 bits per heavy atom. The van der Waals surface area contributed by atoms with Crippen LogP contribution in [0.2, 0.25) is 0 Å². The topological polar surface area (TPSA) is 105 Å². The van der Waals surface area contributed by atoms with Gasteiger partial charge in [0.1, 0.15) is 5.75 Å². The van der Waals surface area contributed by atoms with E-state index < -0.39 is 11.9 Å². The van der Waals surface area contributed by atoms with Crippen molar-refractivity contribution in [1.82, 2.24) is 0 Å². The minimum absolute atomic E-state index is 0.00335. The highest BCUT2D eigenvalue weighted by Gasteiger charge is 2.13. The third-order valence-corrected chi connectivity index (χ3v) is 4.59. The molecule has 3 aromatic rings. The van der Waals surface area contributed by atoms with Crippen molar-refractivity contribution < 1.29 is 24.2 Å². The number of aromatic carboxylic acids is 1. The Kier molecular flexibility index (Phi) is 6.67. The molecule has 0 atom stereocenters. The lowest BCUT2D eigenvalue weighted by atomic mass is 10.1. The average Bonchev–Trinajstić information content (AvgIpc) is 2.74. The fraction of sp³-hybridized carbons (Fsp3) is 0.125. The van der Waals surface area contributed by atoms with Crippen LogP contribution in [0.5, 0.6) is 5.75 Å². The van der Waals surface area contributed by atoms with Gasteiger partial charge in [0, 0.05) is 11.3 Å². The summed E-state index contributed by atoms with van der Waals surface area (Å²) >= 11 is 0. The zero-order valence-corrected chi connectivity index (χ0v) is 17.1. The normalized spacial score (nSPS) is 10.3. The minimum Gasteiger partial charge on any atom is -0.483 e. The summed E-state index contributed by atoms with van der Waals surface area (Å²) in [4.78, 5) is 35.9. The van der Waals surface area contributed by atoms with Crippen molar-refractivity contribution in [1.29, 1.82) is 0 Å². The van der Waals surface area contributed by atoms with Gasteiger partial charge in [0.05, 0.1) is 11.3 Å². The largest absolute Gasteiger partial charge is 0.483 e. The molecule has 0 radical (unpaired) electrons. The number of rotatable bonds is 7. The highest BCUT2D eigenvalue weighted by atomic mass is 16.5. The quantitative estimate of drug-likeness (QED) is 0.531. The highest BCUT2D eigenvalue weighted by molar-refractivity contribution is 6.08. The second kappa shape index (κ2) is 9.58. The van der Waals surface area contributed by atoms with Crippen molar-refractivity contribution in [2.24, 2.45) is 0 Å². The molecule has 3 N–H and O–H groups in total. The number of carboxylic acid groups (broad SMARTS) is 1. The molecule has 0 aliphatic rings. The van der Waals surface area contributed by atoms with E-state index in [2.05, 4.69) is 10.6 Å². The van der Waals surface area contributed by atoms with Crippen LogP contribution >= 0.6 is 0 Å². The van der Waals surface area contributed by atoms with Crippen molar-refractivity contribution in [3.8, 4) is 5.75 Å². The molecule has 0 heterocycles. The Morgan fingerprint density at radius 2 is 1.48 bits per heavy atom. The summed E-state index contributed by atoms with van der Waals surface area (Å²) in [5.41, 5.74) is 2.95. The first-order chi connectivity index (χ1) is 14.8. The van der Waals surface area contributed by atoms with Gasteiger partial charge in [-0.3, -0.25) is 9.59 Å². The number of para-hydroxylation sites is 2. The first kappa shape index (κ1) is 21.6. The van der Waals surface area contributed by atoms with Crippen LogP contribution in [0, 0.1) is 13.8 Å². The second-order valence-corrected chi connectivity index (χ2v) is 6.94. The lowest BCUT2D eigenvalue weighted by Gasteiger charge is -2.12. The molecule has 3 rings (SSSR count). The van der Waals surface area contributed by atoms with Gasteiger partial charge >= 0.3 is 5.97 Å². The molecule has 7 heteroatoms. The maximum absolute atomic E-state index is 12.4. The molecule has 0 fully saturated rings. The summed E-state index contributed by atoms with van der Waals surface area (Å²) in [6, 6.07) is 18.2. The monoisotopic (exact) mass is 418 g/mol. The van der Waals surface area contributed by atoms with Crippen molar-refractivity contribution in [3.63, 3.8) is 0 Å². The van der Waals surface area contributed by atoms with Gasteiger partial charge in [0.15, 0.2) is 6.61 Å². The van der Waals surface area contributed by atoms with Crippen molar-refractivity contribution in [3.05, 3.63) is 89.0 Å². The summed E-state index contributed by atoms with van der Waals surface area (Å²) in [5, 5.41) is 14.5. The highest BCUT2D eigenvalue weighted by Crippen LogP contribution is 2.22. The summed E-state index contributed by atoms with van der Waals surface area (Å²) in [6.07, 6.45) is 0. The molecule has 31 heavy (non-hydrogen) atoms. The van der Waals surface area contributed by atoms with Gasteiger partial charge in [-0.1, -0.05) is 30.3 Å². The van der Waals surface area contributed by atoms with E-state index in [4.69, 9.17) is 4.74 Å². The molecule has 0 unspecified atom stereocenters. The predicted molar refractivity (Wildman–Crippen MR) is 118 cm³/mol. The smallest absolute Gasteiger partial charge is 0.337 e. The van der Waals surface area contributed by atoms with Crippen molar-refractivity contribution >= 4 is 29.2 Å². The zero-order chi connectivity index (χ0) is 22.4. The molecule has 2 amide bonds. The third-order valence-electron chi connectivity index (χ3n) is 4.59. The fourth-order valence-corrected chi connectivity index (χ4v) is 3.04. The van der Waals surface area contributed by atoms with Gasteiger partial charge in [-0.15, -0.1) is 0 Å². The molecule has 0 aromatic heterocycles. The Balaban J connectivity index is 1.59. The fourth-order valence-electron chi connectivity index (χ4n) is 3.04. The number of nitrogens with one attached hydrogen (secondary N) is 2. The molecule has 0 aliphatic carbocycles. The summed E-state index contributed by atoms with van der Waals surface area (Å²) < 4.78 is 5.64. The zero-order valence-electron chi connectivity index (χ0n) is 17.1. The molecule has 158 valence electrons. The van der Waals surface area contributed by atoms with Gasteiger partial charge in [-0.2, -0.15) is 0 Å². The lowest BCUT2D eigenvalue weighted by molar-refractivity contribution is -0.118. The van der Waals surface area contributed by atoms with E-state index in [1.54, 1.807) is 36.4 Å². The molecule has 0 bridgehead atoms. The van der Waals surface area contributed by atoms with E-state index in [-0.39, 0.29) is 23.8 Å². The Hall–Kier alpha value is -4.13. The van der Waals surface area contributed by atoms with Gasteiger partial charge in [-0.25, -0.2) is 4.79 Å². The summed E-state index contributed by atoms with van der Waals surface area (Å²) in [5.74, 6) is -1.22. The number of carbonyl (C=O) groups is 3. The molecule has 0 saturated heterocycles. The molecule has 0 aliphatic heterocycles. The van der Waals surface area contributed by atoms with Crippen LogP contribution in [0.25, 0.3) is 0 Å². The molecule has 7 nitrogen and oxygen atoms in total. The van der Waals surface area contributed by atoms with Crippen LogP contribution in [0.4, 0.5) is 11.4 Å². The van der Waals surface area contributed by atoms with Crippen LogP contribution in [-0.2, 0) is 4.79 Å². The first-order valence-electron chi connectivity index (χ1n) is 9.58. The number of hydrogen-bond donors (Lipinski definition) is 3. The number of carboxylic acids is 1. The van der Waals surface area contributed by atoms with Crippen LogP contribution in [0.3, 0.4) is 0 Å². The van der Waals surface area contributed by atoms with E-state index in [1.807, 2.05) is 32.0 Å². The van der Waals surface area contributed by atoms with Gasteiger partial charge in [-0.05, 0) is 61.4 Å². The maximum Gasteiger partial charge on any atom is 0.337 e. The van der Waals surface area contributed by atoms with E-state index in [0.29, 0.717) is 17.0 Å². The first-order valence-corrected chi connectivity index (χ1v) is 9.58. The number of amides is 2. The molecule has 3 aromatic carbocycles. The van der Waals surface area contributed by atoms with Crippen LogP contribution in [0.1, 0.15) is 31.8 Å². The third kappa shape index (κ3) is 5.48. The van der Waals surface area contributed by atoms with Gasteiger partial charge in [0.25, 0.3) is 11.8 Å². The van der Waals surface area contributed by atoms with E-state index in [9.17, 15) is 19.5 Å². The molecular weight excluding hydrogens is 396 g/mol. The Bertz CT molecular complexity index is 1100. The van der Waals surface area contributed by atoms with Crippen molar-refractivity contribution in [2.45, 2.75) is 13.8 Å². The summed E-state index contributed by atoms with van der Waals surface area (Å²) in [7, 11) is 0. The number of benzene rings is 3. The molecule has 0 saturated carbocycles. The second-order valence-electron chi connectivity index (χ2n) is 6.94. The maximum atomic E-state index is 12.4. The predicted octanol–water partition coefficient (Wildman–Crippen LogP) is 4.27. The van der Waals surface area contributed by atoms with E-state index in [1.165, 1.54) is 12.1 Å². The van der Waals surface area contributed by atoms with Crippen LogP contribution in [0.15, 0.2) is 66.7 Å². The Labute approximate surface area is 179 Å². The lowest BCUT2D eigenvalue weighted by Crippen LogP contribution is -2.21. The number of aryl methyl sites for hydroxylation is 2. The number of carbonyl (C=O) groups excluding carboxylic acids is 2. The minimum atomic E-state index is -1.13. The SMILES string of the molecule is Cc1cccc(C)c1OCC(=O)Nc1ccc(C(=O)Nc2ccccc2C(=O)O)cc1. The Morgan fingerprint density at radius 1 is 0.839 bits per heavy atom. The number of hydrogen-bond acceptors (Lipinski definition) is 4. The number of anilines is 2. The molecular formula is C24H22N2O5. The standard InChI is InChI=1S/C24H22N2O5/c1-15-6-5-7-16(2)22(15)31-14-21(27)25-18-12-10-17(11-13-18)23(28)26-20-9-4-3-8-19(20)24(29)30/h3-13H,14H2,1-2H3,(H,25,27)(H,26,28)(H,29,30). The average molecular weight is 418 g/mol. The van der Waals surface area contributed by atoms with E-state index in [0.717, 1.165) is 11.1 Å². The number of ether oxygens (including phenoxy) is 1. The van der Waals surface area contributed by atoms with Crippen LogP contribution < -0.4 is 15.4 Å². The summed E-state index contributed by atoms with van der Waals surface area (Å²) in [6.45, 7) is 3.69.